The predicted octanol–water partition coefficient (Wildman–Crippen LogP) is 3.26. The first-order valence-corrected chi connectivity index (χ1v) is 4.40. The number of H-pyrrole nitrogens is 1. The van der Waals surface area contributed by atoms with E-state index in [-0.39, 0.29) is 12.4 Å². The molecule has 0 spiro atoms. The number of rotatable bonds is 1. The molecule has 2 rings (SSSR count). The third-order valence-electron chi connectivity index (χ3n) is 1.65. The molecule has 0 saturated carbocycles. The molecule has 0 amide bonds. The van der Waals surface area contributed by atoms with Crippen LogP contribution in [-0.4, -0.2) is 9.97 Å². The van der Waals surface area contributed by atoms with Gasteiger partial charge in [-0.05, 0) is 17.7 Å². The topological polar surface area (TPSA) is 28.7 Å². The van der Waals surface area contributed by atoms with Gasteiger partial charge < -0.3 is 4.98 Å². The molecule has 0 bridgehead atoms. The van der Waals surface area contributed by atoms with E-state index in [1.807, 2.05) is 30.5 Å². The lowest BCUT2D eigenvalue weighted by Crippen LogP contribution is -1.75. The Morgan fingerprint density at radius 2 is 1.85 bits per heavy atom. The number of aromatic nitrogens is 2. The Bertz CT molecular complexity index is 356. The molecule has 68 valence electrons. The van der Waals surface area contributed by atoms with Crippen LogP contribution in [0.5, 0.6) is 0 Å². The van der Waals surface area contributed by atoms with E-state index in [1.165, 1.54) is 0 Å². The maximum absolute atomic E-state index is 3.95. The Labute approximate surface area is 90.9 Å². The van der Waals surface area contributed by atoms with Crippen molar-refractivity contribution in [3.8, 4) is 11.3 Å². The van der Waals surface area contributed by atoms with Gasteiger partial charge in [-0.25, -0.2) is 4.98 Å². The molecule has 1 N–H and O–H groups in total. The molecule has 0 saturated heterocycles. The van der Waals surface area contributed by atoms with Gasteiger partial charge in [0.15, 0.2) is 0 Å². The first-order chi connectivity index (χ1) is 5.86. The molecular weight excluding hydrogens is 251 g/mol. The summed E-state index contributed by atoms with van der Waals surface area (Å²) in [5.41, 5.74) is 2.19. The van der Waals surface area contributed by atoms with Crippen molar-refractivity contribution < 1.29 is 0 Å². The molecule has 2 aromatic rings. The maximum atomic E-state index is 3.95. The van der Waals surface area contributed by atoms with Gasteiger partial charge in [-0.1, -0.05) is 28.1 Å². The minimum absolute atomic E-state index is 0. The highest BCUT2D eigenvalue weighted by Gasteiger charge is 1.96. The van der Waals surface area contributed by atoms with Gasteiger partial charge in [0, 0.05) is 4.47 Å². The minimum Gasteiger partial charge on any atom is -0.345 e. The fraction of sp³-hybridized carbons (Fsp3) is 0. The third-order valence-corrected chi connectivity index (χ3v) is 2.18. The lowest BCUT2D eigenvalue weighted by Gasteiger charge is -1.95. The lowest BCUT2D eigenvalue weighted by atomic mass is 10.2. The van der Waals surface area contributed by atoms with Gasteiger partial charge in [-0.2, -0.15) is 0 Å². The summed E-state index contributed by atoms with van der Waals surface area (Å²) in [4.78, 5) is 7.00. The average Bonchev–Trinajstić information content (AvgIpc) is 2.58. The van der Waals surface area contributed by atoms with Crippen molar-refractivity contribution in [1.82, 2.24) is 9.97 Å². The molecule has 0 unspecified atom stereocenters. The van der Waals surface area contributed by atoms with Crippen LogP contribution in [0.25, 0.3) is 11.3 Å². The summed E-state index contributed by atoms with van der Waals surface area (Å²) in [5.74, 6) is 0. The number of benzene rings is 1. The molecule has 1 aromatic carbocycles. The summed E-state index contributed by atoms with van der Waals surface area (Å²) in [6.07, 6.45) is 3.49. The fourth-order valence-corrected chi connectivity index (χ4v) is 1.31. The van der Waals surface area contributed by atoms with Crippen LogP contribution in [0.3, 0.4) is 0 Å². The average molecular weight is 260 g/mol. The van der Waals surface area contributed by atoms with Crippen LogP contribution >= 0.6 is 28.3 Å². The molecule has 0 aliphatic rings. The molecule has 0 atom stereocenters. The normalized spacial score (nSPS) is 9.31. The van der Waals surface area contributed by atoms with Crippen LogP contribution in [0, 0.1) is 0 Å². The van der Waals surface area contributed by atoms with Crippen molar-refractivity contribution in [2.24, 2.45) is 0 Å². The number of halogens is 2. The Kier molecular flexibility index (Phi) is 3.51. The van der Waals surface area contributed by atoms with E-state index in [1.54, 1.807) is 6.33 Å². The fourth-order valence-electron chi connectivity index (χ4n) is 1.04. The van der Waals surface area contributed by atoms with E-state index < -0.39 is 0 Å². The summed E-state index contributed by atoms with van der Waals surface area (Å²) >= 11 is 3.38. The van der Waals surface area contributed by atoms with Crippen molar-refractivity contribution in [2.75, 3.05) is 0 Å². The highest BCUT2D eigenvalue weighted by Crippen LogP contribution is 2.18. The van der Waals surface area contributed by atoms with Gasteiger partial charge in [0.1, 0.15) is 0 Å². The minimum atomic E-state index is 0. The smallest absolute Gasteiger partial charge is 0.0924 e. The highest BCUT2D eigenvalue weighted by molar-refractivity contribution is 9.10. The number of nitrogens with one attached hydrogen (secondary N) is 1. The summed E-state index contributed by atoms with van der Waals surface area (Å²) in [6, 6.07) is 8.10. The van der Waals surface area contributed by atoms with Crippen molar-refractivity contribution in [1.29, 1.82) is 0 Å². The molecular formula is C9H8BrClN2. The van der Waals surface area contributed by atoms with Gasteiger partial charge in [0.25, 0.3) is 0 Å². The number of aromatic amines is 1. The second-order valence-corrected chi connectivity index (χ2v) is 3.39. The third kappa shape index (κ3) is 2.32. The van der Waals surface area contributed by atoms with Crippen molar-refractivity contribution in [3.05, 3.63) is 41.3 Å². The Morgan fingerprint density at radius 1 is 1.15 bits per heavy atom. The Balaban J connectivity index is 0.000000845. The van der Waals surface area contributed by atoms with Crippen molar-refractivity contribution >= 4 is 28.3 Å². The molecule has 1 aromatic heterocycles. The summed E-state index contributed by atoms with van der Waals surface area (Å²) < 4.78 is 1.09. The first kappa shape index (κ1) is 10.3. The SMILES string of the molecule is Brc1ccc(-c2cnc[nH]2)cc1.Cl. The molecule has 0 fully saturated rings. The Hall–Kier alpha value is -0.800. The zero-order valence-corrected chi connectivity index (χ0v) is 9.10. The van der Waals surface area contributed by atoms with Crippen LogP contribution in [0.1, 0.15) is 0 Å². The van der Waals surface area contributed by atoms with E-state index >= 15 is 0 Å². The van der Waals surface area contributed by atoms with Gasteiger partial charge >= 0.3 is 0 Å². The van der Waals surface area contributed by atoms with Crippen molar-refractivity contribution in [2.45, 2.75) is 0 Å². The zero-order valence-electron chi connectivity index (χ0n) is 6.70. The van der Waals surface area contributed by atoms with Crippen LogP contribution in [0.2, 0.25) is 0 Å². The number of hydrogen-bond acceptors (Lipinski definition) is 1. The van der Waals surface area contributed by atoms with Gasteiger partial charge in [-0.15, -0.1) is 12.4 Å². The predicted molar refractivity (Wildman–Crippen MR) is 59.0 cm³/mol. The van der Waals surface area contributed by atoms with Crippen LogP contribution in [0.15, 0.2) is 41.3 Å². The van der Waals surface area contributed by atoms with E-state index in [0.717, 1.165) is 15.7 Å². The van der Waals surface area contributed by atoms with E-state index in [2.05, 4.69) is 25.9 Å². The van der Waals surface area contributed by atoms with E-state index in [4.69, 9.17) is 0 Å². The van der Waals surface area contributed by atoms with Gasteiger partial charge in [0.2, 0.25) is 0 Å². The molecule has 0 radical (unpaired) electrons. The van der Waals surface area contributed by atoms with Crippen LogP contribution < -0.4 is 0 Å². The molecule has 2 nitrogen and oxygen atoms in total. The lowest BCUT2D eigenvalue weighted by molar-refractivity contribution is 1.31. The largest absolute Gasteiger partial charge is 0.345 e. The van der Waals surface area contributed by atoms with Gasteiger partial charge in [-0.3, -0.25) is 0 Å². The highest BCUT2D eigenvalue weighted by atomic mass is 79.9. The van der Waals surface area contributed by atoms with Gasteiger partial charge in [0.05, 0.1) is 18.2 Å². The first-order valence-electron chi connectivity index (χ1n) is 3.60. The zero-order chi connectivity index (χ0) is 8.39. The number of nitrogens with zero attached hydrogens (tertiary/aromatic N) is 1. The molecule has 4 heteroatoms. The second kappa shape index (κ2) is 4.44. The molecule has 0 aliphatic heterocycles. The van der Waals surface area contributed by atoms with E-state index in [0.29, 0.717) is 0 Å². The maximum Gasteiger partial charge on any atom is 0.0924 e. The Morgan fingerprint density at radius 3 is 2.38 bits per heavy atom. The van der Waals surface area contributed by atoms with Crippen molar-refractivity contribution in [3.63, 3.8) is 0 Å². The summed E-state index contributed by atoms with van der Waals surface area (Å²) in [5, 5.41) is 0. The molecule has 1 heterocycles. The second-order valence-electron chi connectivity index (χ2n) is 2.47. The number of hydrogen-bond donors (Lipinski definition) is 1. The summed E-state index contributed by atoms with van der Waals surface area (Å²) in [7, 11) is 0. The molecule has 13 heavy (non-hydrogen) atoms. The number of imidazole rings is 1. The van der Waals surface area contributed by atoms with E-state index in [9.17, 15) is 0 Å². The molecule has 0 aliphatic carbocycles. The summed E-state index contributed by atoms with van der Waals surface area (Å²) in [6.45, 7) is 0. The van der Waals surface area contributed by atoms with Crippen LogP contribution in [0.4, 0.5) is 0 Å². The standard InChI is InChI=1S/C9H7BrN2.ClH/c10-8-3-1-7(2-4-8)9-5-11-6-12-9;/h1-6H,(H,11,12);1H. The quantitative estimate of drug-likeness (QED) is 0.837. The monoisotopic (exact) mass is 258 g/mol. The van der Waals surface area contributed by atoms with Crippen LogP contribution in [-0.2, 0) is 0 Å².